The van der Waals surface area contributed by atoms with Crippen LogP contribution in [0.2, 0.25) is 0 Å². The second kappa shape index (κ2) is 18.8. The number of hydrogen-bond acceptors (Lipinski definition) is 4. The second-order valence-electron chi connectivity index (χ2n) is 12.5. The minimum atomic E-state index is -0.104. The summed E-state index contributed by atoms with van der Waals surface area (Å²) in [5.41, 5.74) is 6.56. The van der Waals surface area contributed by atoms with E-state index >= 15 is 0 Å². The Hall–Kier alpha value is -3.12. The van der Waals surface area contributed by atoms with Gasteiger partial charge in [-0.2, -0.15) is 0 Å². The van der Waals surface area contributed by atoms with Gasteiger partial charge in [0.05, 0.1) is 24.6 Å². The maximum atomic E-state index is 13.9. The van der Waals surface area contributed by atoms with Gasteiger partial charge in [0.1, 0.15) is 11.6 Å². The number of morpholine rings is 1. The quantitative estimate of drug-likeness (QED) is 0.238. The average Bonchev–Trinajstić information content (AvgIpc) is 3.79. The summed E-state index contributed by atoms with van der Waals surface area (Å²) < 4.78 is 32.9. The fourth-order valence-corrected chi connectivity index (χ4v) is 6.40. The third kappa shape index (κ3) is 10.7. The van der Waals surface area contributed by atoms with E-state index in [0.29, 0.717) is 18.9 Å². The number of halogens is 2. The van der Waals surface area contributed by atoms with Crippen LogP contribution in [0.5, 0.6) is 0 Å². The highest BCUT2D eigenvalue weighted by Crippen LogP contribution is 2.25. The van der Waals surface area contributed by atoms with Gasteiger partial charge in [-0.3, -0.25) is 0 Å². The van der Waals surface area contributed by atoms with Crippen LogP contribution >= 0.6 is 0 Å². The molecule has 3 heterocycles. The Morgan fingerprint density at radius 3 is 1.36 bits per heavy atom. The number of benzene rings is 3. The van der Waals surface area contributed by atoms with Crippen LogP contribution in [-0.4, -0.2) is 52.5 Å². The van der Waals surface area contributed by atoms with Crippen LogP contribution < -0.4 is 14.7 Å². The van der Waals surface area contributed by atoms with Gasteiger partial charge in [-0.15, -0.1) is 0 Å². The molecule has 6 heteroatoms. The summed E-state index contributed by atoms with van der Waals surface area (Å²) in [4.78, 5) is 6.68. The van der Waals surface area contributed by atoms with E-state index < -0.39 is 0 Å². The predicted molar refractivity (Wildman–Crippen MR) is 187 cm³/mol. The molecule has 0 N–H and O–H groups in total. The normalized spacial score (nSPS) is 16.2. The number of rotatable bonds is 9. The Balaban J connectivity index is 0.000000154. The van der Waals surface area contributed by atoms with E-state index in [0.717, 1.165) is 68.7 Å². The van der Waals surface area contributed by atoms with Crippen molar-refractivity contribution in [3.8, 4) is 0 Å². The van der Waals surface area contributed by atoms with Gasteiger partial charge in [0.15, 0.2) is 0 Å². The number of nitrogens with zero attached hydrogens (tertiary/aromatic N) is 3. The maximum Gasteiger partial charge on any atom is 0.146 e. The highest BCUT2D eigenvalue weighted by atomic mass is 19.1. The minimum Gasteiger partial charge on any atom is -0.378 e. The summed E-state index contributed by atoms with van der Waals surface area (Å²) in [7, 11) is 0. The first-order valence-electron chi connectivity index (χ1n) is 17.5. The van der Waals surface area contributed by atoms with Crippen molar-refractivity contribution < 1.29 is 13.5 Å². The molecule has 0 aliphatic carbocycles. The highest BCUT2D eigenvalue weighted by molar-refractivity contribution is 5.51. The molecular weight excluding hydrogens is 564 g/mol. The van der Waals surface area contributed by atoms with Crippen LogP contribution in [-0.2, 0) is 24.0 Å². The third-order valence-electron chi connectivity index (χ3n) is 8.85. The fourth-order valence-electron chi connectivity index (χ4n) is 6.40. The Bertz CT molecular complexity index is 1260. The Labute approximate surface area is 271 Å². The summed E-state index contributed by atoms with van der Waals surface area (Å²) >= 11 is 0. The van der Waals surface area contributed by atoms with Crippen LogP contribution in [0.3, 0.4) is 0 Å². The van der Waals surface area contributed by atoms with Gasteiger partial charge in [0.2, 0.25) is 0 Å². The van der Waals surface area contributed by atoms with E-state index in [-0.39, 0.29) is 11.6 Å². The minimum absolute atomic E-state index is 0.0529. The summed E-state index contributed by atoms with van der Waals surface area (Å²) in [6.45, 7) is 13.9. The smallest absolute Gasteiger partial charge is 0.146 e. The molecule has 3 aromatic rings. The lowest BCUT2D eigenvalue weighted by Gasteiger charge is -2.29. The van der Waals surface area contributed by atoms with Crippen LogP contribution in [0.25, 0.3) is 0 Å². The first kappa shape index (κ1) is 34.7. The number of hydrogen-bond donors (Lipinski definition) is 0. The summed E-state index contributed by atoms with van der Waals surface area (Å²) in [6, 6.07) is 20.4. The SMILES string of the molecule is CCCc1ccc(N2CCCC2)c(F)c1.CCCc1ccc(N2CCCC2)cc1.CCCc1ccc(N2CCOCC2)c(F)c1. The molecule has 3 aliphatic rings. The third-order valence-corrected chi connectivity index (χ3v) is 8.85. The van der Waals surface area contributed by atoms with Crippen molar-refractivity contribution in [3.05, 3.63) is 89.0 Å². The largest absolute Gasteiger partial charge is 0.378 e. The lowest BCUT2D eigenvalue weighted by Crippen LogP contribution is -2.36. The van der Waals surface area contributed by atoms with Crippen molar-refractivity contribution in [1.82, 2.24) is 0 Å². The molecule has 45 heavy (non-hydrogen) atoms. The molecule has 0 amide bonds. The molecular formula is C39H55F2N3O. The summed E-state index contributed by atoms with van der Waals surface area (Å²) in [5.74, 6) is -0.157. The molecule has 3 aliphatic heterocycles. The highest BCUT2D eigenvalue weighted by Gasteiger charge is 2.17. The van der Waals surface area contributed by atoms with E-state index in [1.807, 2.05) is 18.2 Å². The van der Waals surface area contributed by atoms with Gasteiger partial charge in [0.25, 0.3) is 0 Å². The molecule has 4 nitrogen and oxygen atoms in total. The van der Waals surface area contributed by atoms with Crippen molar-refractivity contribution in [2.45, 2.75) is 85.0 Å². The second-order valence-corrected chi connectivity index (χ2v) is 12.5. The molecule has 6 rings (SSSR count). The van der Waals surface area contributed by atoms with Gasteiger partial charge >= 0.3 is 0 Å². The predicted octanol–water partition coefficient (Wildman–Crippen LogP) is 9.23. The topological polar surface area (TPSA) is 19.0 Å². The van der Waals surface area contributed by atoms with Crippen molar-refractivity contribution in [3.63, 3.8) is 0 Å². The molecule has 3 saturated heterocycles. The molecule has 0 atom stereocenters. The molecule has 3 fully saturated rings. The first-order valence-corrected chi connectivity index (χ1v) is 17.5. The van der Waals surface area contributed by atoms with E-state index in [1.165, 1.54) is 62.9 Å². The number of anilines is 3. The molecule has 0 spiro atoms. The van der Waals surface area contributed by atoms with Crippen molar-refractivity contribution in [2.24, 2.45) is 0 Å². The molecule has 0 saturated carbocycles. The van der Waals surface area contributed by atoms with Crippen molar-refractivity contribution in [1.29, 1.82) is 0 Å². The molecule has 0 unspecified atom stereocenters. The van der Waals surface area contributed by atoms with E-state index in [9.17, 15) is 8.78 Å². The Morgan fingerprint density at radius 1 is 0.511 bits per heavy atom. The monoisotopic (exact) mass is 619 g/mol. The van der Waals surface area contributed by atoms with Crippen LogP contribution in [0.15, 0.2) is 60.7 Å². The van der Waals surface area contributed by atoms with Crippen molar-refractivity contribution in [2.75, 3.05) is 67.2 Å². The lowest BCUT2D eigenvalue weighted by atomic mass is 10.1. The van der Waals surface area contributed by atoms with Crippen molar-refractivity contribution >= 4 is 17.1 Å². The average molecular weight is 620 g/mol. The maximum absolute atomic E-state index is 13.9. The van der Waals surface area contributed by atoms with Crippen LogP contribution in [0, 0.1) is 11.6 Å². The zero-order valence-electron chi connectivity index (χ0n) is 28.0. The van der Waals surface area contributed by atoms with Crippen LogP contribution in [0.1, 0.15) is 82.4 Å². The molecule has 3 aromatic carbocycles. The standard InChI is InChI=1S/C13H18FNO.C13H18FN.C13H19N/c1-2-3-11-4-5-13(12(14)10-11)15-6-8-16-9-7-15;1-2-5-11-6-7-13(12(14)10-11)15-8-3-4-9-15;1-2-5-12-6-8-13(9-7-12)14-10-3-4-11-14/h4-5,10H,2-3,6-9H2,1H3;6-7,10H,2-5,8-9H2,1H3;6-9H,2-5,10-11H2,1H3. The zero-order valence-corrected chi connectivity index (χ0v) is 28.0. The first-order chi connectivity index (χ1) is 22.0. The molecule has 0 radical (unpaired) electrons. The molecule has 246 valence electrons. The lowest BCUT2D eigenvalue weighted by molar-refractivity contribution is 0.122. The Kier molecular flexibility index (Phi) is 14.5. The summed E-state index contributed by atoms with van der Waals surface area (Å²) in [6.07, 6.45) is 11.6. The van der Waals surface area contributed by atoms with Gasteiger partial charge in [-0.05, 0) is 98.0 Å². The van der Waals surface area contributed by atoms with Gasteiger partial charge < -0.3 is 19.4 Å². The zero-order chi connectivity index (χ0) is 31.9. The Morgan fingerprint density at radius 2 is 0.911 bits per heavy atom. The van der Waals surface area contributed by atoms with E-state index in [1.54, 1.807) is 12.1 Å². The van der Waals surface area contributed by atoms with E-state index in [2.05, 4.69) is 65.8 Å². The van der Waals surface area contributed by atoms with E-state index in [4.69, 9.17) is 4.74 Å². The molecule has 0 bridgehead atoms. The van der Waals surface area contributed by atoms with Crippen LogP contribution in [0.4, 0.5) is 25.8 Å². The summed E-state index contributed by atoms with van der Waals surface area (Å²) in [5, 5.41) is 0. The fraction of sp³-hybridized carbons (Fsp3) is 0.538. The number of ether oxygens (including phenoxy) is 1. The van der Waals surface area contributed by atoms with Gasteiger partial charge in [-0.25, -0.2) is 8.78 Å². The molecule has 0 aromatic heterocycles. The van der Waals surface area contributed by atoms with Gasteiger partial charge in [-0.1, -0.05) is 64.3 Å². The number of aryl methyl sites for hydroxylation is 3. The van der Waals surface area contributed by atoms with Gasteiger partial charge in [0, 0.05) is 45.0 Å².